The van der Waals surface area contributed by atoms with Crippen LogP contribution in [0.5, 0.6) is 5.75 Å². The maximum atomic E-state index is 13.5. The van der Waals surface area contributed by atoms with Crippen molar-refractivity contribution >= 4 is 16.6 Å². The first-order valence-electron chi connectivity index (χ1n) is 12.9. The Labute approximate surface area is 217 Å². The van der Waals surface area contributed by atoms with Crippen molar-refractivity contribution in [2.45, 2.75) is 45.7 Å². The van der Waals surface area contributed by atoms with Crippen LogP contribution in [-0.4, -0.2) is 63.4 Å². The molecular formula is C28H35N7O2. The Morgan fingerprint density at radius 1 is 1.05 bits per heavy atom. The molecule has 4 aromatic rings. The average Bonchev–Trinajstić information content (AvgIpc) is 3.39. The summed E-state index contributed by atoms with van der Waals surface area (Å²) in [4.78, 5) is 21.3. The monoisotopic (exact) mass is 501 g/mol. The van der Waals surface area contributed by atoms with E-state index >= 15 is 0 Å². The first-order valence-corrected chi connectivity index (χ1v) is 12.9. The summed E-state index contributed by atoms with van der Waals surface area (Å²) >= 11 is 0. The van der Waals surface area contributed by atoms with Crippen molar-refractivity contribution in [3.8, 4) is 5.75 Å². The van der Waals surface area contributed by atoms with Gasteiger partial charge in [-0.2, -0.15) is 0 Å². The van der Waals surface area contributed by atoms with E-state index in [4.69, 9.17) is 4.74 Å². The van der Waals surface area contributed by atoms with Crippen LogP contribution in [0.15, 0.2) is 53.3 Å². The van der Waals surface area contributed by atoms with Crippen molar-refractivity contribution in [3.05, 3.63) is 75.8 Å². The molecule has 2 aromatic heterocycles. The zero-order valence-electron chi connectivity index (χ0n) is 22.2. The lowest BCUT2D eigenvalue weighted by Crippen LogP contribution is -2.49. The fourth-order valence-corrected chi connectivity index (χ4v) is 5.15. The first kappa shape index (κ1) is 25.0. The maximum Gasteiger partial charge on any atom is 0.253 e. The Kier molecular flexibility index (Phi) is 6.72. The summed E-state index contributed by atoms with van der Waals surface area (Å²) in [5, 5.41) is 13.8. The van der Waals surface area contributed by atoms with Crippen LogP contribution in [0.1, 0.15) is 50.7 Å². The van der Waals surface area contributed by atoms with Gasteiger partial charge in [-0.15, -0.1) is 5.10 Å². The molecule has 1 N–H and O–H groups in total. The molecule has 0 spiro atoms. The van der Waals surface area contributed by atoms with E-state index in [9.17, 15) is 4.79 Å². The number of aromatic amines is 1. The molecule has 9 nitrogen and oxygen atoms in total. The average molecular weight is 502 g/mol. The number of rotatable bonds is 6. The van der Waals surface area contributed by atoms with Crippen LogP contribution in [0.2, 0.25) is 0 Å². The maximum absolute atomic E-state index is 13.5. The van der Waals surface area contributed by atoms with Crippen LogP contribution in [0, 0.1) is 0 Å². The highest BCUT2D eigenvalue weighted by molar-refractivity contribution is 5.80. The number of aromatic nitrogens is 5. The molecule has 1 saturated heterocycles. The standard InChI is InChI=1S/C28H35N7O2/c1-6-19-11-12-22-20(17-19)18-21(27(36)29-22)25(26-30-31-32-35(26)28(2,3)4)34-15-13-33(14-16-34)23-9-7-8-10-24(23)37-5/h7-12,17-18,25H,6,13-16H2,1-5H3,(H,29,36). The number of nitrogens with zero attached hydrogens (tertiary/aromatic N) is 6. The van der Waals surface area contributed by atoms with Gasteiger partial charge in [-0.3, -0.25) is 9.69 Å². The number of hydrogen-bond donors (Lipinski definition) is 1. The fourth-order valence-electron chi connectivity index (χ4n) is 5.15. The molecule has 1 unspecified atom stereocenters. The molecule has 1 aliphatic rings. The molecule has 0 aliphatic carbocycles. The van der Waals surface area contributed by atoms with Crippen molar-refractivity contribution in [2.75, 3.05) is 38.2 Å². The smallest absolute Gasteiger partial charge is 0.253 e. The third kappa shape index (κ3) is 4.83. The zero-order valence-corrected chi connectivity index (χ0v) is 22.2. The lowest BCUT2D eigenvalue weighted by molar-refractivity contribution is 0.190. The van der Waals surface area contributed by atoms with Crippen LogP contribution in [0.4, 0.5) is 5.69 Å². The van der Waals surface area contributed by atoms with E-state index in [-0.39, 0.29) is 17.1 Å². The van der Waals surface area contributed by atoms with Crippen molar-refractivity contribution in [1.82, 2.24) is 30.1 Å². The minimum absolute atomic E-state index is 0.114. The lowest BCUT2D eigenvalue weighted by Gasteiger charge is -2.40. The molecule has 194 valence electrons. The van der Waals surface area contributed by atoms with Crippen LogP contribution >= 0.6 is 0 Å². The predicted molar refractivity (Wildman–Crippen MR) is 145 cm³/mol. The summed E-state index contributed by atoms with van der Waals surface area (Å²) in [6.07, 6.45) is 0.932. The number of pyridine rings is 1. The van der Waals surface area contributed by atoms with Crippen molar-refractivity contribution in [2.24, 2.45) is 0 Å². The third-order valence-electron chi connectivity index (χ3n) is 7.12. The zero-order chi connectivity index (χ0) is 26.2. The number of aryl methyl sites for hydroxylation is 1. The van der Waals surface area contributed by atoms with Crippen molar-refractivity contribution in [3.63, 3.8) is 0 Å². The number of hydrogen-bond acceptors (Lipinski definition) is 7. The van der Waals surface area contributed by atoms with E-state index in [0.717, 1.165) is 54.9 Å². The number of H-pyrrole nitrogens is 1. The molecule has 1 aliphatic heterocycles. The van der Waals surface area contributed by atoms with E-state index in [1.54, 1.807) is 7.11 Å². The van der Waals surface area contributed by atoms with Gasteiger partial charge >= 0.3 is 0 Å². The van der Waals surface area contributed by atoms with Gasteiger partial charge in [0, 0.05) is 37.3 Å². The molecular weight excluding hydrogens is 466 g/mol. The largest absolute Gasteiger partial charge is 0.495 e. The molecule has 2 aromatic carbocycles. The number of benzene rings is 2. The lowest BCUT2D eigenvalue weighted by atomic mass is 10.00. The van der Waals surface area contributed by atoms with Gasteiger partial charge in [-0.05, 0) is 78.9 Å². The molecule has 0 bridgehead atoms. The topological polar surface area (TPSA) is 92.2 Å². The molecule has 37 heavy (non-hydrogen) atoms. The summed E-state index contributed by atoms with van der Waals surface area (Å²) in [5.74, 6) is 1.54. The summed E-state index contributed by atoms with van der Waals surface area (Å²) in [6.45, 7) is 11.4. The van der Waals surface area contributed by atoms with E-state index in [1.165, 1.54) is 5.56 Å². The van der Waals surface area contributed by atoms with E-state index in [1.807, 2.05) is 35.0 Å². The van der Waals surface area contributed by atoms with Gasteiger partial charge in [0.25, 0.3) is 5.56 Å². The minimum Gasteiger partial charge on any atom is -0.495 e. The number of fused-ring (bicyclic) bond motifs is 1. The minimum atomic E-state index is -0.382. The first-order chi connectivity index (χ1) is 17.8. The summed E-state index contributed by atoms with van der Waals surface area (Å²) in [7, 11) is 1.70. The van der Waals surface area contributed by atoms with Crippen LogP contribution in [-0.2, 0) is 12.0 Å². The van der Waals surface area contributed by atoms with Crippen LogP contribution < -0.4 is 15.2 Å². The Bertz CT molecular complexity index is 1440. The van der Waals surface area contributed by atoms with Gasteiger partial charge in [-0.1, -0.05) is 25.1 Å². The molecule has 9 heteroatoms. The number of piperazine rings is 1. The normalized spacial score (nSPS) is 15.8. The molecule has 1 atom stereocenters. The number of anilines is 1. The molecule has 0 amide bonds. The second kappa shape index (κ2) is 9.97. The molecule has 1 fully saturated rings. The number of nitrogens with one attached hydrogen (secondary N) is 1. The van der Waals surface area contributed by atoms with Crippen molar-refractivity contribution < 1.29 is 4.74 Å². The summed E-state index contributed by atoms with van der Waals surface area (Å²) in [5.41, 5.74) is 3.35. The number of ether oxygens (including phenoxy) is 1. The molecule has 3 heterocycles. The second-order valence-electron chi connectivity index (χ2n) is 10.5. The summed E-state index contributed by atoms with van der Waals surface area (Å²) < 4.78 is 7.44. The molecule has 5 rings (SSSR count). The van der Waals surface area contributed by atoms with Gasteiger partial charge in [0.15, 0.2) is 5.82 Å². The Morgan fingerprint density at radius 3 is 2.51 bits per heavy atom. The van der Waals surface area contributed by atoms with Crippen LogP contribution in [0.25, 0.3) is 10.9 Å². The quantitative estimate of drug-likeness (QED) is 0.430. The van der Waals surface area contributed by atoms with Gasteiger partial charge in [0.2, 0.25) is 0 Å². The molecule has 0 saturated carbocycles. The van der Waals surface area contributed by atoms with E-state index in [2.05, 4.69) is 76.2 Å². The Balaban J connectivity index is 1.56. The highest BCUT2D eigenvalue weighted by atomic mass is 16.5. The van der Waals surface area contributed by atoms with Gasteiger partial charge < -0.3 is 14.6 Å². The van der Waals surface area contributed by atoms with Crippen molar-refractivity contribution in [1.29, 1.82) is 0 Å². The summed E-state index contributed by atoms with van der Waals surface area (Å²) in [6, 6.07) is 15.9. The Hall–Kier alpha value is -3.72. The highest BCUT2D eigenvalue weighted by Gasteiger charge is 2.35. The van der Waals surface area contributed by atoms with Gasteiger partial charge in [0.05, 0.1) is 18.3 Å². The van der Waals surface area contributed by atoms with Gasteiger partial charge in [-0.25, -0.2) is 4.68 Å². The predicted octanol–water partition coefficient (Wildman–Crippen LogP) is 3.75. The highest BCUT2D eigenvalue weighted by Crippen LogP contribution is 2.33. The Morgan fingerprint density at radius 2 is 1.81 bits per heavy atom. The fraction of sp³-hybridized carbons (Fsp3) is 0.429. The van der Waals surface area contributed by atoms with E-state index < -0.39 is 0 Å². The number of para-hydroxylation sites is 2. The van der Waals surface area contributed by atoms with Gasteiger partial charge in [0.1, 0.15) is 11.8 Å². The number of methoxy groups -OCH3 is 1. The SMILES string of the molecule is CCc1ccc2[nH]c(=O)c(C(c3nnnn3C(C)(C)C)N3CCN(c4ccccc4OC)CC3)cc2c1. The third-order valence-corrected chi connectivity index (χ3v) is 7.12. The van der Waals surface area contributed by atoms with Crippen LogP contribution in [0.3, 0.4) is 0 Å². The molecule has 0 radical (unpaired) electrons. The number of tetrazole rings is 1. The van der Waals surface area contributed by atoms with E-state index in [0.29, 0.717) is 11.4 Å². The second-order valence-corrected chi connectivity index (χ2v) is 10.5.